The number of benzene rings is 2. The van der Waals surface area contributed by atoms with Crippen LogP contribution >= 0.6 is 23.2 Å². The molecule has 0 aromatic heterocycles. The Kier molecular flexibility index (Phi) is 5.69. The maximum Gasteiger partial charge on any atom is 0.243 e. The summed E-state index contributed by atoms with van der Waals surface area (Å²) in [6.07, 6.45) is 0. The van der Waals surface area contributed by atoms with Gasteiger partial charge in [0.25, 0.3) is 0 Å². The largest absolute Gasteiger partial charge is 0.362 e. The standard InChI is InChI=1S/C17H18Cl2N2O/c1-3-21(16-6-4-5-12(2)7-16)11-17(22)20-15-9-13(18)8-14(19)10-15/h4-10H,3,11H2,1-2H3,(H,20,22). The van der Waals surface area contributed by atoms with Crippen molar-refractivity contribution >= 4 is 40.5 Å². The number of hydrogen-bond donors (Lipinski definition) is 1. The lowest BCUT2D eigenvalue weighted by Crippen LogP contribution is -2.33. The van der Waals surface area contributed by atoms with Crippen molar-refractivity contribution in [2.24, 2.45) is 0 Å². The molecule has 1 N–H and O–H groups in total. The second-order valence-electron chi connectivity index (χ2n) is 5.06. The normalized spacial score (nSPS) is 10.4. The van der Waals surface area contributed by atoms with Gasteiger partial charge in [0.2, 0.25) is 5.91 Å². The van der Waals surface area contributed by atoms with Crippen molar-refractivity contribution in [1.29, 1.82) is 0 Å². The van der Waals surface area contributed by atoms with Crippen LogP contribution in [-0.2, 0) is 4.79 Å². The van der Waals surface area contributed by atoms with E-state index >= 15 is 0 Å². The molecule has 0 unspecified atom stereocenters. The fourth-order valence-corrected chi connectivity index (χ4v) is 2.74. The molecule has 22 heavy (non-hydrogen) atoms. The van der Waals surface area contributed by atoms with E-state index in [9.17, 15) is 4.79 Å². The number of amides is 1. The molecule has 0 spiro atoms. The Morgan fingerprint density at radius 2 is 1.82 bits per heavy atom. The summed E-state index contributed by atoms with van der Waals surface area (Å²) in [5.74, 6) is -0.110. The van der Waals surface area contributed by atoms with Gasteiger partial charge in [0.05, 0.1) is 6.54 Å². The second-order valence-corrected chi connectivity index (χ2v) is 5.93. The summed E-state index contributed by atoms with van der Waals surface area (Å²) in [4.78, 5) is 14.2. The molecule has 1 amide bonds. The Morgan fingerprint density at radius 3 is 2.41 bits per heavy atom. The minimum atomic E-state index is -0.110. The van der Waals surface area contributed by atoms with Gasteiger partial charge < -0.3 is 10.2 Å². The van der Waals surface area contributed by atoms with Crippen molar-refractivity contribution < 1.29 is 4.79 Å². The molecule has 2 aromatic carbocycles. The van der Waals surface area contributed by atoms with Gasteiger partial charge in [0.1, 0.15) is 0 Å². The fourth-order valence-electron chi connectivity index (χ4n) is 2.21. The van der Waals surface area contributed by atoms with Gasteiger partial charge in [0.15, 0.2) is 0 Å². The molecule has 116 valence electrons. The second kappa shape index (κ2) is 7.52. The first-order valence-corrected chi connectivity index (χ1v) is 7.81. The lowest BCUT2D eigenvalue weighted by Gasteiger charge is -2.23. The van der Waals surface area contributed by atoms with Crippen molar-refractivity contribution in [3.05, 3.63) is 58.1 Å². The summed E-state index contributed by atoms with van der Waals surface area (Å²) in [6, 6.07) is 13.1. The average molecular weight is 337 g/mol. The molecule has 2 rings (SSSR count). The summed E-state index contributed by atoms with van der Waals surface area (Å²) < 4.78 is 0. The first-order valence-electron chi connectivity index (χ1n) is 7.05. The Balaban J connectivity index is 2.06. The summed E-state index contributed by atoms with van der Waals surface area (Å²) >= 11 is 11.9. The van der Waals surface area contributed by atoms with E-state index in [4.69, 9.17) is 23.2 Å². The molecule has 0 saturated heterocycles. The maximum absolute atomic E-state index is 12.2. The fraction of sp³-hybridized carbons (Fsp3) is 0.235. The van der Waals surface area contributed by atoms with Gasteiger partial charge in [-0.05, 0) is 49.7 Å². The third-order valence-corrected chi connectivity index (χ3v) is 3.67. The van der Waals surface area contributed by atoms with Crippen molar-refractivity contribution in [2.75, 3.05) is 23.3 Å². The number of carbonyl (C=O) groups is 1. The summed E-state index contributed by atoms with van der Waals surface area (Å²) in [5.41, 5.74) is 2.79. The topological polar surface area (TPSA) is 32.3 Å². The lowest BCUT2D eigenvalue weighted by molar-refractivity contribution is -0.115. The van der Waals surface area contributed by atoms with E-state index in [0.717, 1.165) is 17.8 Å². The number of anilines is 2. The number of nitrogens with zero attached hydrogens (tertiary/aromatic N) is 1. The highest BCUT2D eigenvalue weighted by Gasteiger charge is 2.11. The van der Waals surface area contributed by atoms with Crippen molar-refractivity contribution in [2.45, 2.75) is 13.8 Å². The van der Waals surface area contributed by atoms with E-state index < -0.39 is 0 Å². The van der Waals surface area contributed by atoms with Crippen LogP contribution in [0.15, 0.2) is 42.5 Å². The van der Waals surface area contributed by atoms with Crippen LogP contribution in [0.4, 0.5) is 11.4 Å². The summed E-state index contributed by atoms with van der Waals surface area (Å²) in [7, 11) is 0. The van der Waals surface area contributed by atoms with E-state index in [1.54, 1.807) is 18.2 Å². The van der Waals surface area contributed by atoms with E-state index in [-0.39, 0.29) is 12.5 Å². The van der Waals surface area contributed by atoms with Gasteiger partial charge in [-0.15, -0.1) is 0 Å². The average Bonchev–Trinajstić information content (AvgIpc) is 2.43. The Bertz CT molecular complexity index is 653. The van der Waals surface area contributed by atoms with Gasteiger partial charge >= 0.3 is 0 Å². The molecular weight excluding hydrogens is 319 g/mol. The van der Waals surface area contributed by atoms with Crippen LogP contribution in [-0.4, -0.2) is 19.0 Å². The predicted molar refractivity (Wildman–Crippen MR) is 94.2 cm³/mol. The zero-order valence-electron chi connectivity index (χ0n) is 12.6. The van der Waals surface area contributed by atoms with Crippen LogP contribution in [0, 0.1) is 6.92 Å². The molecule has 0 aliphatic carbocycles. The Morgan fingerprint density at radius 1 is 1.14 bits per heavy atom. The molecule has 3 nitrogen and oxygen atoms in total. The SMILES string of the molecule is CCN(CC(=O)Nc1cc(Cl)cc(Cl)c1)c1cccc(C)c1. The summed E-state index contributed by atoms with van der Waals surface area (Å²) in [6.45, 7) is 5.06. The molecule has 0 fully saturated rings. The molecule has 0 atom stereocenters. The number of likely N-dealkylation sites (N-methyl/N-ethyl adjacent to an activating group) is 1. The van der Waals surface area contributed by atoms with Crippen LogP contribution in [0.2, 0.25) is 10.0 Å². The molecule has 0 aliphatic heterocycles. The van der Waals surface area contributed by atoms with Crippen LogP contribution in [0.3, 0.4) is 0 Å². The Hall–Kier alpha value is -1.71. The van der Waals surface area contributed by atoms with Gasteiger partial charge in [-0.25, -0.2) is 0 Å². The molecule has 0 saturated carbocycles. The highest BCUT2D eigenvalue weighted by molar-refractivity contribution is 6.35. The predicted octanol–water partition coefficient (Wildman–Crippen LogP) is 4.77. The molecular formula is C17H18Cl2N2O. The van der Waals surface area contributed by atoms with Crippen LogP contribution in [0.1, 0.15) is 12.5 Å². The monoisotopic (exact) mass is 336 g/mol. The van der Waals surface area contributed by atoms with Gasteiger partial charge in [0, 0.05) is 28.0 Å². The number of halogens is 2. The molecule has 2 aromatic rings. The molecule has 0 radical (unpaired) electrons. The summed E-state index contributed by atoms with van der Waals surface area (Å²) in [5, 5.41) is 3.81. The van der Waals surface area contributed by atoms with Gasteiger partial charge in [-0.3, -0.25) is 4.79 Å². The molecule has 0 heterocycles. The quantitative estimate of drug-likeness (QED) is 0.853. The molecule has 5 heteroatoms. The number of nitrogens with one attached hydrogen (secondary N) is 1. The van der Waals surface area contributed by atoms with E-state index in [1.807, 2.05) is 36.9 Å². The third kappa shape index (κ3) is 4.65. The lowest BCUT2D eigenvalue weighted by atomic mass is 10.2. The smallest absolute Gasteiger partial charge is 0.243 e. The highest BCUT2D eigenvalue weighted by Crippen LogP contribution is 2.22. The van der Waals surface area contributed by atoms with E-state index in [2.05, 4.69) is 11.4 Å². The van der Waals surface area contributed by atoms with Gasteiger partial charge in [-0.2, -0.15) is 0 Å². The van der Waals surface area contributed by atoms with Crippen molar-refractivity contribution in [3.63, 3.8) is 0 Å². The van der Waals surface area contributed by atoms with Crippen molar-refractivity contribution in [3.8, 4) is 0 Å². The van der Waals surface area contributed by atoms with E-state index in [0.29, 0.717) is 15.7 Å². The first kappa shape index (κ1) is 16.7. The minimum Gasteiger partial charge on any atom is -0.362 e. The molecule has 0 bridgehead atoms. The number of hydrogen-bond acceptors (Lipinski definition) is 2. The first-order chi connectivity index (χ1) is 10.5. The number of aryl methyl sites for hydroxylation is 1. The maximum atomic E-state index is 12.2. The number of rotatable bonds is 5. The van der Waals surface area contributed by atoms with Gasteiger partial charge in [-0.1, -0.05) is 35.3 Å². The zero-order chi connectivity index (χ0) is 16.1. The van der Waals surface area contributed by atoms with Crippen LogP contribution in [0.25, 0.3) is 0 Å². The Labute approximate surface area is 140 Å². The molecule has 0 aliphatic rings. The zero-order valence-corrected chi connectivity index (χ0v) is 14.1. The van der Waals surface area contributed by atoms with Crippen molar-refractivity contribution in [1.82, 2.24) is 0 Å². The third-order valence-electron chi connectivity index (χ3n) is 3.23. The van der Waals surface area contributed by atoms with Crippen LogP contribution in [0.5, 0.6) is 0 Å². The van der Waals surface area contributed by atoms with E-state index in [1.165, 1.54) is 0 Å². The highest BCUT2D eigenvalue weighted by atomic mass is 35.5. The van der Waals surface area contributed by atoms with Crippen LogP contribution < -0.4 is 10.2 Å². The minimum absolute atomic E-state index is 0.110. The number of carbonyl (C=O) groups excluding carboxylic acids is 1.